The Hall–Kier alpha value is -4.16. The van der Waals surface area contributed by atoms with Gasteiger partial charge in [0.15, 0.2) is 0 Å². The summed E-state index contributed by atoms with van der Waals surface area (Å²) in [7, 11) is 3.36. The van der Waals surface area contributed by atoms with Gasteiger partial charge in [0.1, 0.15) is 11.5 Å². The first-order valence-electron chi connectivity index (χ1n) is 11.6. The van der Waals surface area contributed by atoms with E-state index in [1.807, 2.05) is 24.3 Å². The van der Waals surface area contributed by atoms with Crippen LogP contribution >= 0.6 is 0 Å². The zero-order valence-corrected chi connectivity index (χ0v) is 21.3. The Bertz CT molecular complexity index is 1300. The molecule has 35 heavy (non-hydrogen) atoms. The molecule has 0 heterocycles. The van der Waals surface area contributed by atoms with Gasteiger partial charge in [0, 0.05) is 22.6 Å². The van der Waals surface area contributed by atoms with E-state index in [-0.39, 0.29) is 0 Å². The highest BCUT2D eigenvalue weighted by molar-refractivity contribution is 5.83. The van der Waals surface area contributed by atoms with Crippen molar-refractivity contribution in [2.45, 2.75) is 27.7 Å². The molecular weight excluding hydrogens is 430 g/mol. The minimum Gasteiger partial charge on any atom is -0.497 e. The molecule has 176 valence electrons. The third kappa shape index (κ3) is 4.74. The topological polar surface area (TPSA) is 21.7 Å². The van der Waals surface area contributed by atoms with Crippen LogP contribution in [0.4, 0.5) is 17.1 Å². The number of nitrogens with zero attached hydrogens (tertiary/aromatic N) is 1. The number of rotatable bonds is 6. The quantitative estimate of drug-likeness (QED) is 0.271. The molecule has 0 bridgehead atoms. The Morgan fingerprint density at radius 2 is 0.943 bits per heavy atom. The Balaban J connectivity index is 1.88. The van der Waals surface area contributed by atoms with E-state index in [1.165, 1.54) is 33.4 Å². The van der Waals surface area contributed by atoms with Crippen LogP contribution < -0.4 is 14.4 Å². The molecular formula is C32H31NO2. The van der Waals surface area contributed by atoms with Crippen molar-refractivity contribution in [1.29, 1.82) is 0 Å². The molecule has 0 spiro atoms. The molecule has 0 aliphatic rings. The summed E-state index contributed by atoms with van der Waals surface area (Å²) < 4.78 is 10.8. The number of hydrogen-bond donors (Lipinski definition) is 0. The maximum atomic E-state index is 5.67. The van der Waals surface area contributed by atoms with E-state index < -0.39 is 0 Å². The predicted octanol–water partition coefficient (Wildman–Crippen LogP) is 8.06. The first-order valence-corrected chi connectivity index (χ1v) is 11.6. The van der Waals surface area contributed by atoms with Crippen LogP contribution in [-0.4, -0.2) is 14.2 Å². The van der Waals surface area contributed by atoms with Gasteiger partial charge in [-0.1, -0.05) is 5.92 Å². The van der Waals surface area contributed by atoms with E-state index in [0.717, 1.165) is 34.1 Å². The summed E-state index contributed by atoms with van der Waals surface area (Å²) in [6.07, 6.45) is 5.67. The van der Waals surface area contributed by atoms with Crippen LogP contribution in [0.3, 0.4) is 0 Å². The molecule has 4 rings (SSSR count). The van der Waals surface area contributed by atoms with Crippen molar-refractivity contribution in [1.82, 2.24) is 0 Å². The van der Waals surface area contributed by atoms with Crippen molar-refractivity contribution >= 4 is 17.1 Å². The van der Waals surface area contributed by atoms with E-state index in [4.69, 9.17) is 15.9 Å². The number of anilines is 3. The van der Waals surface area contributed by atoms with Gasteiger partial charge in [-0.25, -0.2) is 0 Å². The summed E-state index contributed by atoms with van der Waals surface area (Å²) in [5.74, 6) is 4.42. The average Bonchev–Trinajstić information content (AvgIpc) is 2.86. The lowest BCUT2D eigenvalue weighted by atomic mass is 9.88. The predicted molar refractivity (Wildman–Crippen MR) is 147 cm³/mol. The smallest absolute Gasteiger partial charge is 0.119 e. The second kappa shape index (κ2) is 9.99. The Morgan fingerprint density at radius 3 is 1.29 bits per heavy atom. The summed E-state index contributed by atoms with van der Waals surface area (Å²) in [6.45, 7) is 8.63. The molecule has 0 saturated carbocycles. The van der Waals surface area contributed by atoms with Crippen LogP contribution in [0.1, 0.15) is 27.8 Å². The molecule has 0 amide bonds. The van der Waals surface area contributed by atoms with Crippen LogP contribution in [0.25, 0.3) is 11.1 Å². The maximum Gasteiger partial charge on any atom is 0.119 e. The number of methoxy groups -OCH3 is 2. The number of terminal acetylenes is 1. The fraction of sp³-hybridized carbons (Fsp3) is 0.188. The van der Waals surface area contributed by atoms with Gasteiger partial charge in [-0.3, -0.25) is 0 Å². The Morgan fingerprint density at radius 1 is 0.571 bits per heavy atom. The molecule has 0 aliphatic heterocycles. The molecule has 0 fully saturated rings. The second-order valence-electron chi connectivity index (χ2n) is 8.82. The SMILES string of the molecule is C#Cc1cc(C)c(-c2c(C)cc(N(c3ccc(OC)cc3)c3ccc(OC)cc3)cc2C)c(C)c1. The molecule has 0 atom stereocenters. The summed E-state index contributed by atoms with van der Waals surface area (Å²) in [5, 5.41) is 0. The zero-order chi connectivity index (χ0) is 25.1. The third-order valence-electron chi connectivity index (χ3n) is 6.39. The molecule has 3 nitrogen and oxygen atoms in total. The maximum absolute atomic E-state index is 5.67. The van der Waals surface area contributed by atoms with Crippen molar-refractivity contribution in [2.24, 2.45) is 0 Å². The average molecular weight is 462 g/mol. The molecule has 0 aliphatic carbocycles. The number of aryl methyl sites for hydroxylation is 4. The lowest BCUT2D eigenvalue weighted by Crippen LogP contribution is -2.11. The minimum absolute atomic E-state index is 0.826. The highest BCUT2D eigenvalue weighted by Crippen LogP contribution is 2.41. The summed E-state index contributed by atoms with van der Waals surface area (Å²) in [5.41, 5.74) is 11.4. The van der Waals surface area contributed by atoms with Gasteiger partial charge in [-0.05, 0) is 134 Å². The van der Waals surface area contributed by atoms with Crippen LogP contribution in [-0.2, 0) is 0 Å². The Labute approximate surface area is 209 Å². The lowest BCUT2D eigenvalue weighted by Gasteiger charge is -2.28. The van der Waals surface area contributed by atoms with Crippen LogP contribution in [0.2, 0.25) is 0 Å². The van der Waals surface area contributed by atoms with Gasteiger partial charge in [0.25, 0.3) is 0 Å². The molecule has 4 aromatic rings. The van der Waals surface area contributed by atoms with Gasteiger partial charge in [0.05, 0.1) is 14.2 Å². The summed E-state index contributed by atoms with van der Waals surface area (Å²) in [4.78, 5) is 2.25. The molecule has 0 aromatic heterocycles. The minimum atomic E-state index is 0.826. The van der Waals surface area contributed by atoms with Crippen molar-refractivity contribution < 1.29 is 9.47 Å². The largest absolute Gasteiger partial charge is 0.497 e. The summed E-state index contributed by atoms with van der Waals surface area (Å²) in [6, 6.07) is 25.0. The van der Waals surface area contributed by atoms with Gasteiger partial charge < -0.3 is 14.4 Å². The molecule has 0 radical (unpaired) electrons. The first kappa shape index (κ1) is 24.0. The number of hydrogen-bond acceptors (Lipinski definition) is 3. The second-order valence-corrected chi connectivity index (χ2v) is 8.82. The highest BCUT2D eigenvalue weighted by atomic mass is 16.5. The normalized spacial score (nSPS) is 10.5. The van der Waals surface area contributed by atoms with Crippen molar-refractivity contribution in [3.8, 4) is 35.0 Å². The van der Waals surface area contributed by atoms with E-state index in [2.05, 4.69) is 87.0 Å². The van der Waals surface area contributed by atoms with Crippen molar-refractivity contribution in [3.63, 3.8) is 0 Å². The number of ether oxygens (including phenoxy) is 2. The molecule has 3 heteroatoms. The van der Waals surface area contributed by atoms with Crippen LogP contribution in [0.5, 0.6) is 11.5 Å². The highest BCUT2D eigenvalue weighted by Gasteiger charge is 2.18. The van der Waals surface area contributed by atoms with Gasteiger partial charge in [-0.15, -0.1) is 6.42 Å². The van der Waals surface area contributed by atoms with E-state index >= 15 is 0 Å². The lowest BCUT2D eigenvalue weighted by molar-refractivity contribution is 0.415. The van der Waals surface area contributed by atoms with Crippen LogP contribution in [0, 0.1) is 40.0 Å². The Kier molecular flexibility index (Phi) is 6.85. The van der Waals surface area contributed by atoms with Crippen molar-refractivity contribution in [3.05, 3.63) is 101 Å². The monoisotopic (exact) mass is 461 g/mol. The molecule has 0 saturated heterocycles. The fourth-order valence-corrected chi connectivity index (χ4v) is 4.82. The summed E-state index contributed by atoms with van der Waals surface area (Å²) >= 11 is 0. The standard InChI is InChI=1S/C32H31NO2/c1-8-25-17-21(2)31(22(3)18-25)32-23(4)19-28(20-24(32)5)33(26-9-13-29(34-6)14-10-26)27-11-15-30(35-7)16-12-27/h1,9-20H,2-7H3. The molecule has 0 unspecified atom stereocenters. The van der Waals surface area contributed by atoms with Gasteiger partial charge in [-0.2, -0.15) is 0 Å². The number of benzene rings is 4. The molecule has 0 N–H and O–H groups in total. The van der Waals surface area contributed by atoms with Crippen molar-refractivity contribution in [2.75, 3.05) is 19.1 Å². The van der Waals surface area contributed by atoms with Gasteiger partial charge in [0.2, 0.25) is 0 Å². The zero-order valence-electron chi connectivity index (χ0n) is 21.3. The van der Waals surface area contributed by atoms with Gasteiger partial charge >= 0.3 is 0 Å². The van der Waals surface area contributed by atoms with Crippen LogP contribution in [0.15, 0.2) is 72.8 Å². The van der Waals surface area contributed by atoms with E-state index in [1.54, 1.807) is 14.2 Å². The first-order chi connectivity index (χ1) is 16.9. The van der Waals surface area contributed by atoms with E-state index in [0.29, 0.717) is 0 Å². The third-order valence-corrected chi connectivity index (χ3v) is 6.39. The molecule has 4 aromatic carbocycles. The fourth-order valence-electron chi connectivity index (χ4n) is 4.82. The van der Waals surface area contributed by atoms with E-state index in [9.17, 15) is 0 Å².